The Labute approximate surface area is 351 Å². The lowest BCUT2D eigenvalue weighted by Crippen LogP contribution is -2.14. The molecule has 0 unspecified atom stereocenters. The Balaban J connectivity index is 0.00000213. The summed E-state index contributed by atoms with van der Waals surface area (Å²) >= 11 is 0. The van der Waals surface area contributed by atoms with Crippen molar-refractivity contribution in [3.05, 3.63) is 187 Å². The summed E-state index contributed by atoms with van der Waals surface area (Å²) in [6.45, 7) is 8.11. The number of rotatable bonds is 5. The smallest absolute Gasteiger partial charge is 0.219 e. The molecule has 2 aliphatic rings. The highest BCUT2D eigenvalue weighted by Gasteiger charge is 2.32. The molecule has 0 saturated carbocycles. The fourth-order valence-electron chi connectivity index (χ4n) is 9.10. The van der Waals surface area contributed by atoms with E-state index in [4.69, 9.17) is 10.7 Å². The summed E-state index contributed by atoms with van der Waals surface area (Å²) in [7, 11) is 2.24. The highest BCUT2D eigenvalue weighted by molar-refractivity contribution is 6.69. The van der Waals surface area contributed by atoms with Crippen LogP contribution >= 0.6 is 0 Å². The molecule has 0 fully saturated rings. The standard InChI is InChI=1S/C52H38BN5.C2H6/c1-3-14-49-51(54)39-19-10-13-22-47(39)58(49)50-28-25-43-52(55-50)36(4-2)42(53-43)29-30-56-44-20-11-8-17-37(44)40-31-33(23-26-45(40)56)34-24-27-48-41(32-34)38-18-9-12-21-46(38)57(48)35-15-6-5-7-16-35;1-2/h3-32H,54H2,1-2H3;1-2H3/q+1;/b14-3-,36-4+,42-29+,56-30?;. The summed E-state index contributed by atoms with van der Waals surface area (Å²) < 4.78 is 6.85. The van der Waals surface area contributed by atoms with E-state index in [0.717, 1.165) is 56.0 Å². The normalized spacial score (nSPS) is 14.9. The molecule has 5 heterocycles. The number of hydrogen-bond acceptors (Lipinski definition) is 2. The lowest BCUT2D eigenvalue weighted by molar-refractivity contribution is 1.03. The number of allylic oxidation sites excluding steroid dienone is 5. The van der Waals surface area contributed by atoms with Gasteiger partial charge in [0.1, 0.15) is 5.82 Å². The zero-order chi connectivity index (χ0) is 40.9. The van der Waals surface area contributed by atoms with Crippen molar-refractivity contribution in [1.29, 1.82) is 0 Å². The highest BCUT2D eigenvalue weighted by Crippen LogP contribution is 2.46. The van der Waals surface area contributed by atoms with Crippen LogP contribution in [0.5, 0.6) is 0 Å². The van der Waals surface area contributed by atoms with Gasteiger partial charge in [-0.2, -0.15) is 4.58 Å². The van der Waals surface area contributed by atoms with Crippen molar-refractivity contribution in [2.75, 3.05) is 5.73 Å². The second kappa shape index (κ2) is 15.1. The minimum absolute atomic E-state index is 0.760. The zero-order valence-corrected chi connectivity index (χ0v) is 34.3. The Kier molecular flexibility index (Phi) is 9.26. The number of fused-ring (bicyclic) bond motifs is 8. The Morgan fingerprint density at radius 3 is 2.08 bits per heavy atom. The van der Waals surface area contributed by atoms with Gasteiger partial charge in [-0.3, -0.25) is 4.57 Å². The van der Waals surface area contributed by atoms with Gasteiger partial charge in [0.2, 0.25) is 11.4 Å². The van der Waals surface area contributed by atoms with E-state index in [-0.39, 0.29) is 0 Å². The average molecular weight is 774 g/mol. The molecule has 6 aromatic carbocycles. The summed E-state index contributed by atoms with van der Waals surface area (Å²) in [5, 5.41) is 3.53. The Morgan fingerprint density at radius 1 is 0.617 bits per heavy atom. The summed E-state index contributed by atoms with van der Waals surface area (Å²) in [5.74, 6) is 0.844. The molecule has 0 amide bonds. The number of anilines is 1. The monoisotopic (exact) mass is 773 g/mol. The lowest BCUT2D eigenvalue weighted by Gasteiger charge is -2.11. The molecule has 11 rings (SSSR count). The maximum atomic E-state index is 6.68. The fraction of sp³-hybridized carbons (Fsp3) is 0.0741. The number of pyridine rings is 1. The number of para-hydroxylation sites is 4. The van der Waals surface area contributed by atoms with Gasteiger partial charge in [-0.25, -0.2) is 4.98 Å². The van der Waals surface area contributed by atoms with E-state index in [1.807, 2.05) is 39.0 Å². The molecule has 0 spiro atoms. The molecular formula is C54H44BN5+. The predicted octanol–water partition coefficient (Wildman–Crippen LogP) is 12.6. The van der Waals surface area contributed by atoms with Crippen LogP contribution in [0.15, 0.2) is 175 Å². The van der Waals surface area contributed by atoms with E-state index in [2.05, 4.69) is 192 Å². The first kappa shape index (κ1) is 36.9. The van der Waals surface area contributed by atoms with E-state index in [1.165, 1.54) is 55.4 Å². The minimum atomic E-state index is 0.760. The van der Waals surface area contributed by atoms with Crippen molar-refractivity contribution in [2.24, 2.45) is 0 Å². The molecule has 1 radical (unpaired) electrons. The molecule has 6 heteroatoms. The van der Waals surface area contributed by atoms with Crippen LogP contribution in [-0.4, -0.2) is 27.6 Å². The topological polar surface area (TPSA) is 51.8 Å². The number of nitrogens with zero attached hydrogens (tertiary/aromatic N) is 4. The van der Waals surface area contributed by atoms with Gasteiger partial charge in [0.15, 0.2) is 13.5 Å². The molecule has 0 atom stereocenters. The highest BCUT2D eigenvalue weighted by atomic mass is 15.1. The van der Waals surface area contributed by atoms with E-state index in [0.29, 0.717) is 0 Å². The van der Waals surface area contributed by atoms with Crippen LogP contribution in [-0.2, 0) is 0 Å². The van der Waals surface area contributed by atoms with Crippen molar-refractivity contribution in [3.63, 3.8) is 0 Å². The van der Waals surface area contributed by atoms with Gasteiger partial charge in [-0.05, 0) is 103 Å². The van der Waals surface area contributed by atoms with Crippen molar-refractivity contribution >= 4 is 80.4 Å². The zero-order valence-electron chi connectivity index (χ0n) is 34.3. The van der Waals surface area contributed by atoms with E-state index in [1.54, 1.807) is 0 Å². The third-order valence-electron chi connectivity index (χ3n) is 11.7. The molecule has 60 heavy (non-hydrogen) atoms. The molecule has 2 aliphatic heterocycles. The number of aromatic nitrogens is 3. The first-order chi connectivity index (χ1) is 29.6. The molecule has 0 saturated heterocycles. The molecule has 5 nitrogen and oxygen atoms in total. The Hall–Kier alpha value is -7.44. The van der Waals surface area contributed by atoms with Crippen LogP contribution in [0, 0.1) is 0 Å². The van der Waals surface area contributed by atoms with Crippen molar-refractivity contribution in [2.45, 2.75) is 27.7 Å². The predicted molar refractivity (Wildman–Crippen MR) is 258 cm³/mol. The van der Waals surface area contributed by atoms with Crippen molar-refractivity contribution in [1.82, 2.24) is 18.7 Å². The van der Waals surface area contributed by atoms with Crippen LogP contribution in [0.2, 0.25) is 0 Å². The van der Waals surface area contributed by atoms with E-state index in [9.17, 15) is 0 Å². The maximum Gasteiger partial charge on any atom is 0.219 e. The third kappa shape index (κ3) is 5.78. The second-order valence-electron chi connectivity index (χ2n) is 14.9. The lowest BCUT2D eigenvalue weighted by atomic mass is 9.67. The van der Waals surface area contributed by atoms with Gasteiger partial charge >= 0.3 is 0 Å². The summed E-state index contributed by atoms with van der Waals surface area (Å²) in [6, 6.07) is 54.3. The first-order valence-corrected chi connectivity index (χ1v) is 20.8. The molecule has 0 bridgehead atoms. The van der Waals surface area contributed by atoms with Crippen molar-refractivity contribution < 1.29 is 0 Å². The van der Waals surface area contributed by atoms with Gasteiger partial charge in [0.25, 0.3) is 0 Å². The third-order valence-corrected chi connectivity index (χ3v) is 11.7. The quantitative estimate of drug-likeness (QED) is 0.140. The summed E-state index contributed by atoms with van der Waals surface area (Å²) in [6.07, 6.45) is 10.7. The maximum absolute atomic E-state index is 6.68. The second-order valence-corrected chi connectivity index (χ2v) is 14.9. The Bertz CT molecular complexity index is 3280. The fourth-order valence-corrected chi connectivity index (χ4v) is 9.10. The van der Waals surface area contributed by atoms with Crippen LogP contribution in [0.1, 0.15) is 39.1 Å². The molecule has 0 aliphatic carbocycles. The van der Waals surface area contributed by atoms with E-state index < -0.39 is 0 Å². The minimum Gasteiger partial charge on any atom is -0.396 e. The molecule has 2 N–H and O–H groups in total. The van der Waals surface area contributed by atoms with Gasteiger partial charge in [0.05, 0.1) is 44.8 Å². The van der Waals surface area contributed by atoms with Gasteiger partial charge in [-0.15, -0.1) is 0 Å². The molecular weight excluding hydrogens is 729 g/mol. The average Bonchev–Trinajstić information content (AvgIpc) is 4.02. The molecule has 3 aromatic heterocycles. The van der Waals surface area contributed by atoms with Crippen molar-refractivity contribution in [3.8, 4) is 33.8 Å². The number of nitrogen functional groups attached to an aromatic ring is 1. The van der Waals surface area contributed by atoms with Crippen LogP contribution < -0.4 is 15.8 Å². The van der Waals surface area contributed by atoms with E-state index >= 15 is 0 Å². The summed E-state index contributed by atoms with van der Waals surface area (Å²) in [5.41, 5.74) is 24.5. The summed E-state index contributed by atoms with van der Waals surface area (Å²) in [4.78, 5) is 5.28. The van der Waals surface area contributed by atoms with Crippen LogP contribution in [0.4, 0.5) is 17.1 Å². The van der Waals surface area contributed by atoms with Gasteiger partial charge in [-0.1, -0.05) is 116 Å². The number of hydrogen-bond donors (Lipinski definition) is 1. The molecule has 9 aromatic rings. The van der Waals surface area contributed by atoms with Crippen LogP contribution in [0.3, 0.4) is 0 Å². The van der Waals surface area contributed by atoms with Gasteiger partial charge in [0, 0.05) is 34.0 Å². The SMILES string of the molecule is C/C=C\c1c(N)c2ccccc2n1-c1ccc2c(n1)C(=C/C)/C(=C\C=[N+]1c3ccccc3-c3cc(-c4ccc5c(c4)c4ccccc4n5-c4ccccc4)ccc31)[B]2.CC. The number of nitrogens with two attached hydrogens (primary N) is 1. The number of benzene rings is 6. The first-order valence-electron chi connectivity index (χ1n) is 20.8. The largest absolute Gasteiger partial charge is 0.396 e. The van der Waals surface area contributed by atoms with Gasteiger partial charge < -0.3 is 10.3 Å². The molecule has 287 valence electrons. The van der Waals surface area contributed by atoms with Crippen LogP contribution in [0.25, 0.3) is 78.1 Å². The Morgan fingerprint density at radius 2 is 1.28 bits per heavy atom.